The molecule has 0 radical (unpaired) electrons. The van der Waals surface area contributed by atoms with Crippen LogP contribution in [-0.2, 0) is 10.0 Å². The number of nitrogens with one attached hydrogen (secondary N) is 1. The molecule has 0 aliphatic carbocycles. The summed E-state index contributed by atoms with van der Waals surface area (Å²) in [5.74, 6) is 0.978. The average Bonchev–Trinajstić information content (AvgIpc) is 2.70. The second-order valence-corrected chi connectivity index (χ2v) is 9.26. The molecule has 1 aliphatic heterocycles. The molecule has 1 fully saturated rings. The second-order valence-electron chi connectivity index (χ2n) is 7.57. The van der Waals surface area contributed by atoms with Gasteiger partial charge >= 0.3 is 0 Å². The highest BCUT2D eigenvalue weighted by molar-refractivity contribution is 7.92. The van der Waals surface area contributed by atoms with Crippen LogP contribution in [0.2, 0.25) is 0 Å². The van der Waals surface area contributed by atoms with Gasteiger partial charge < -0.3 is 4.90 Å². The van der Waals surface area contributed by atoms with Gasteiger partial charge in [-0.1, -0.05) is 32.1 Å². The van der Waals surface area contributed by atoms with Crippen molar-refractivity contribution in [3.63, 3.8) is 0 Å². The molecule has 2 heterocycles. The van der Waals surface area contributed by atoms with Crippen molar-refractivity contribution in [1.82, 2.24) is 14.9 Å². The SMILES string of the molecule is C=CCN1CCN(c2ncc(NS(=O)(=O)c3ccc(C(C)C)cc3)c(C)n2)CC1. The molecule has 3 rings (SSSR count). The first-order valence-electron chi connectivity index (χ1n) is 9.85. The minimum Gasteiger partial charge on any atom is -0.338 e. The van der Waals surface area contributed by atoms with Crippen molar-refractivity contribution in [3.8, 4) is 0 Å². The molecule has 7 nitrogen and oxygen atoms in total. The summed E-state index contributed by atoms with van der Waals surface area (Å²) in [5.41, 5.74) is 2.10. The van der Waals surface area contributed by atoms with Gasteiger partial charge in [0.1, 0.15) is 0 Å². The summed E-state index contributed by atoms with van der Waals surface area (Å²) in [6.07, 6.45) is 3.46. The van der Waals surface area contributed by atoms with Gasteiger partial charge in [-0.25, -0.2) is 18.4 Å². The van der Waals surface area contributed by atoms with E-state index in [0.29, 0.717) is 23.2 Å². The Morgan fingerprint density at radius 1 is 1.17 bits per heavy atom. The lowest BCUT2D eigenvalue weighted by molar-refractivity contribution is 0.282. The fourth-order valence-corrected chi connectivity index (χ4v) is 4.36. The number of benzene rings is 1. The largest absolute Gasteiger partial charge is 0.338 e. The molecule has 0 saturated carbocycles. The summed E-state index contributed by atoms with van der Waals surface area (Å²) in [6, 6.07) is 6.95. The van der Waals surface area contributed by atoms with Gasteiger partial charge in [0.05, 0.1) is 22.5 Å². The van der Waals surface area contributed by atoms with Crippen LogP contribution in [-0.4, -0.2) is 56.0 Å². The molecular formula is C21H29N5O2S. The molecule has 156 valence electrons. The van der Waals surface area contributed by atoms with E-state index in [-0.39, 0.29) is 4.90 Å². The van der Waals surface area contributed by atoms with Crippen molar-refractivity contribution < 1.29 is 8.42 Å². The molecule has 1 aliphatic rings. The molecule has 1 N–H and O–H groups in total. The van der Waals surface area contributed by atoms with E-state index in [1.807, 2.05) is 18.2 Å². The van der Waals surface area contributed by atoms with Crippen molar-refractivity contribution in [2.24, 2.45) is 0 Å². The van der Waals surface area contributed by atoms with Crippen molar-refractivity contribution in [2.45, 2.75) is 31.6 Å². The van der Waals surface area contributed by atoms with Gasteiger partial charge in [-0.15, -0.1) is 6.58 Å². The predicted octanol–water partition coefficient (Wildman–Crippen LogP) is 3.02. The monoisotopic (exact) mass is 415 g/mol. The van der Waals surface area contributed by atoms with E-state index in [1.165, 1.54) is 0 Å². The first-order chi connectivity index (χ1) is 13.8. The van der Waals surface area contributed by atoms with E-state index in [1.54, 1.807) is 25.3 Å². The standard InChI is InChI=1S/C21H29N5O2S/c1-5-10-25-11-13-26(14-12-25)21-22-15-20(17(4)23-21)24-29(27,28)19-8-6-18(7-9-19)16(2)3/h5-9,15-16,24H,1,10-14H2,2-4H3. The molecule has 2 aromatic rings. The van der Waals surface area contributed by atoms with Crippen molar-refractivity contribution in [2.75, 3.05) is 42.3 Å². The third kappa shape index (κ3) is 5.13. The Morgan fingerprint density at radius 3 is 2.38 bits per heavy atom. The van der Waals surface area contributed by atoms with E-state index < -0.39 is 10.0 Å². The van der Waals surface area contributed by atoms with Crippen LogP contribution in [0.3, 0.4) is 0 Å². The van der Waals surface area contributed by atoms with Crippen molar-refractivity contribution in [1.29, 1.82) is 0 Å². The molecule has 1 aromatic heterocycles. The van der Waals surface area contributed by atoms with Gasteiger partial charge in [-0.05, 0) is 30.5 Å². The van der Waals surface area contributed by atoms with Crippen LogP contribution in [0.5, 0.6) is 0 Å². The third-order valence-electron chi connectivity index (χ3n) is 5.11. The normalized spacial score (nSPS) is 15.5. The van der Waals surface area contributed by atoms with Crippen LogP contribution in [0.15, 0.2) is 48.0 Å². The first-order valence-corrected chi connectivity index (χ1v) is 11.3. The molecular weight excluding hydrogens is 386 g/mol. The number of sulfonamides is 1. The lowest BCUT2D eigenvalue weighted by atomic mass is 10.0. The Bertz CT molecular complexity index is 950. The Balaban J connectivity index is 1.71. The lowest BCUT2D eigenvalue weighted by Crippen LogP contribution is -2.47. The Kier molecular flexibility index (Phi) is 6.54. The Labute approximate surface area is 173 Å². The van der Waals surface area contributed by atoms with E-state index in [2.05, 4.69) is 44.9 Å². The highest BCUT2D eigenvalue weighted by atomic mass is 32.2. The number of anilines is 2. The minimum atomic E-state index is -3.69. The fraction of sp³-hybridized carbons (Fsp3) is 0.429. The second kappa shape index (κ2) is 8.92. The van der Waals surface area contributed by atoms with Crippen molar-refractivity contribution in [3.05, 3.63) is 54.4 Å². The number of hydrogen-bond donors (Lipinski definition) is 1. The number of aromatic nitrogens is 2. The summed E-state index contributed by atoms with van der Waals surface area (Å²) < 4.78 is 28.1. The maximum Gasteiger partial charge on any atom is 0.262 e. The van der Waals surface area contributed by atoms with Crippen LogP contribution in [0.4, 0.5) is 11.6 Å². The number of aryl methyl sites for hydroxylation is 1. The summed E-state index contributed by atoms with van der Waals surface area (Å²) in [5, 5.41) is 0. The Hall–Kier alpha value is -2.45. The molecule has 8 heteroatoms. The molecule has 0 atom stereocenters. The first kappa shape index (κ1) is 21.3. The smallest absolute Gasteiger partial charge is 0.262 e. The van der Waals surface area contributed by atoms with Gasteiger partial charge in [0.15, 0.2) is 0 Å². The molecule has 0 amide bonds. The number of piperazine rings is 1. The summed E-state index contributed by atoms with van der Waals surface area (Å²) >= 11 is 0. The zero-order valence-corrected chi connectivity index (χ0v) is 18.1. The van der Waals surface area contributed by atoms with Gasteiger partial charge in [0.25, 0.3) is 10.0 Å². The van der Waals surface area contributed by atoms with E-state index in [9.17, 15) is 8.42 Å². The molecule has 0 bridgehead atoms. The third-order valence-corrected chi connectivity index (χ3v) is 6.49. The van der Waals surface area contributed by atoms with Gasteiger partial charge in [-0.3, -0.25) is 9.62 Å². The van der Waals surface area contributed by atoms with Crippen LogP contribution in [0.25, 0.3) is 0 Å². The lowest BCUT2D eigenvalue weighted by Gasteiger charge is -2.34. The highest BCUT2D eigenvalue weighted by Gasteiger charge is 2.20. The van der Waals surface area contributed by atoms with Crippen molar-refractivity contribution >= 4 is 21.7 Å². The van der Waals surface area contributed by atoms with Gasteiger partial charge in [-0.2, -0.15) is 0 Å². The summed E-state index contributed by atoms with van der Waals surface area (Å²) in [6.45, 7) is 14.1. The summed E-state index contributed by atoms with van der Waals surface area (Å²) in [7, 11) is -3.69. The maximum absolute atomic E-state index is 12.7. The van der Waals surface area contributed by atoms with Gasteiger partial charge in [0.2, 0.25) is 5.95 Å². The van der Waals surface area contributed by atoms with Crippen LogP contribution >= 0.6 is 0 Å². The fourth-order valence-electron chi connectivity index (χ4n) is 3.26. The zero-order valence-electron chi connectivity index (χ0n) is 17.3. The van der Waals surface area contributed by atoms with Crippen LogP contribution in [0, 0.1) is 6.92 Å². The summed E-state index contributed by atoms with van der Waals surface area (Å²) in [4.78, 5) is 13.6. The molecule has 0 unspecified atom stereocenters. The molecule has 1 saturated heterocycles. The highest BCUT2D eigenvalue weighted by Crippen LogP contribution is 2.22. The van der Waals surface area contributed by atoms with Gasteiger partial charge in [0, 0.05) is 32.7 Å². The zero-order chi connectivity index (χ0) is 21.0. The predicted molar refractivity (Wildman–Crippen MR) is 117 cm³/mol. The number of rotatable bonds is 7. The van der Waals surface area contributed by atoms with Crippen LogP contribution in [0.1, 0.15) is 31.0 Å². The number of hydrogen-bond acceptors (Lipinski definition) is 6. The molecule has 29 heavy (non-hydrogen) atoms. The minimum absolute atomic E-state index is 0.226. The molecule has 1 aromatic carbocycles. The topological polar surface area (TPSA) is 78.4 Å². The van der Waals surface area contributed by atoms with Crippen LogP contribution < -0.4 is 9.62 Å². The maximum atomic E-state index is 12.7. The molecule has 0 spiro atoms. The van der Waals surface area contributed by atoms with E-state index in [4.69, 9.17) is 0 Å². The van der Waals surface area contributed by atoms with E-state index >= 15 is 0 Å². The van der Waals surface area contributed by atoms with E-state index in [0.717, 1.165) is 38.3 Å². The average molecular weight is 416 g/mol. The Morgan fingerprint density at radius 2 is 1.83 bits per heavy atom. The quantitative estimate of drug-likeness (QED) is 0.701. The number of nitrogens with zero attached hydrogens (tertiary/aromatic N) is 4.